The zero-order chi connectivity index (χ0) is 28.8. The average Bonchev–Trinajstić information content (AvgIpc) is 3.10. The smallest absolute Gasteiger partial charge is 0.363 e. The summed E-state index contributed by atoms with van der Waals surface area (Å²) in [5, 5.41) is 20.2. The van der Waals surface area contributed by atoms with Crippen LogP contribution in [0.4, 0.5) is 5.69 Å². The third-order valence-corrected chi connectivity index (χ3v) is 12.8. The van der Waals surface area contributed by atoms with E-state index in [1.165, 1.54) is 23.1 Å². The fourth-order valence-corrected chi connectivity index (χ4v) is 6.40. The number of aliphatic hydroxyl groups excluding tert-OH is 1. The lowest BCUT2D eigenvalue weighted by atomic mass is 9.65. The summed E-state index contributed by atoms with van der Waals surface area (Å²) in [4.78, 5) is 51.3. The summed E-state index contributed by atoms with van der Waals surface area (Å²) in [7, 11) is -2.21. The predicted octanol–water partition coefficient (Wildman–Crippen LogP) is 4.36. The maximum absolute atomic E-state index is 13.7. The van der Waals surface area contributed by atoms with Gasteiger partial charge in [-0.25, -0.2) is 9.59 Å². The third kappa shape index (κ3) is 4.85. The van der Waals surface area contributed by atoms with E-state index in [1.807, 2.05) is 20.8 Å². The van der Waals surface area contributed by atoms with Crippen molar-refractivity contribution < 1.29 is 33.6 Å². The van der Waals surface area contributed by atoms with Crippen LogP contribution in [-0.4, -0.2) is 59.8 Å². The first-order chi connectivity index (χ1) is 17.5. The number of esters is 2. The monoisotopic (exact) mass is 544 g/mol. The molecule has 1 fully saturated rings. The third-order valence-electron chi connectivity index (χ3n) is 8.27. The summed E-state index contributed by atoms with van der Waals surface area (Å²) in [6.07, 6.45) is 2.60. The number of non-ortho nitro benzene ring substituents is 1. The Kier molecular flexibility index (Phi) is 7.89. The molecule has 0 aromatic heterocycles. The van der Waals surface area contributed by atoms with Crippen LogP contribution in [0.2, 0.25) is 18.1 Å². The van der Waals surface area contributed by atoms with Crippen molar-refractivity contribution in [2.24, 2.45) is 11.3 Å². The molecule has 1 saturated heterocycles. The number of aliphatic hydroxyl groups is 1. The molecule has 1 aromatic carbocycles. The first kappa shape index (κ1) is 29.4. The van der Waals surface area contributed by atoms with Gasteiger partial charge in [0.1, 0.15) is 5.70 Å². The number of fused-ring (bicyclic) bond motifs is 1. The van der Waals surface area contributed by atoms with Gasteiger partial charge >= 0.3 is 11.9 Å². The molecule has 2 aliphatic heterocycles. The van der Waals surface area contributed by atoms with Crippen LogP contribution < -0.4 is 0 Å². The maximum Gasteiger partial charge on any atom is 0.363 e. The average molecular weight is 545 g/mol. The van der Waals surface area contributed by atoms with Crippen molar-refractivity contribution in [1.29, 1.82) is 0 Å². The molecule has 2 aliphatic rings. The van der Waals surface area contributed by atoms with Gasteiger partial charge in [0.15, 0.2) is 8.32 Å². The number of ether oxygens (including phenoxy) is 1. The zero-order valence-corrected chi connectivity index (χ0v) is 24.1. The van der Waals surface area contributed by atoms with Crippen molar-refractivity contribution in [2.75, 3.05) is 6.61 Å². The van der Waals surface area contributed by atoms with Crippen LogP contribution in [-0.2, 0) is 18.8 Å². The Bertz CT molecular complexity index is 1210. The molecule has 206 valence electrons. The van der Waals surface area contributed by atoms with Gasteiger partial charge in [0, 0.05) is 18.1 Å². The molecular formula is C27H36N2O8Si. The Labute approximate surface area is 223 Å². The van der Waals surface area contributed by atoms with E-state index in [9.17, 15) is 29.6 Å². The van der Waals surface area contributed by atoms with Gasteiger partial charge in [-0.05, 0) is 49.7 Å². The largest absolute Gasteiger partial charge is 0.413 e. The number of carbonyl (C=O) groups excluding carboxylic acids is 3. The number of benzene rings is 1. The molecule has 2 heterocycles. The highest BCUT2D eigenvalue weighted by Gasteiger charge is 2.68. The van der Waals surface area contributed by atoms with Crippen LogP contribution in [0.3, 0.4) is 0 Å². The second kappa shape index (κ2) is 10.2. The first-order valence-corrected chi connectivity index (χ1v) is 15.4. The molecule has 4 atom stereocenters. The number of nitrogens with zero attached hydrogens (tertiary/aromatic N) is 2. The number of nitro groups is 1. The quantitative estimate of drug-likeness (QED) is 0.127. The lowest BCUT2D eigenvalue weighted by Crippen LogP contribution is -2.72. The van der Waals surface area contributed by atoms with Crippen LogP contribution in [0.5, 0.6) is 0 Å². The highest BCUT2D eigenvalue weighted by atomic mass is 28.4. The van der Waals surface area contributed by atoms with Gasteiger partial charge in [-0.15, -0.1) is 0 Å². The number of amides is 1. The molecular weight excluding hydrogens is 508 g/mol. The molecule has 0 bridgehead atoms. The minimum Gasteiger partial charge on any atom is -0.413 e. The molecule has 0 spiro atoms. The summed E-state index contributed by atoms with van der Waals surface area (Å²) in [5.74, 6) is -2.61. The van der Waals surface area contributed by atoms with Crippen molar-refractivity contribution in [3.8, 4) is 0 Å². The number of allylic oxidation sites excluding steroid dienone is 1. The summed E-state index contributed by atoms with van der Waals surface area (Å²) in [5.41, 5.74) is -0.751. The second-order valence-electron chi connectivity index (χ2n) is 11.6. The van der Waals surface area contributed by atoms with E-state index in [2.05, 4.69) is 33.9 Å². The van der Waals surface area contributed by atoms with Gasteiger partial charge in [0.05, 0.1) is 34.7 Å². The molecule has 0 unspecified atom stereocenters. The Morgan fingerprint density at radius 1 is 1.24 bits per heavy atom. The highest BCUT2D eigenvalue weighted by molar-refractivity contribution is 6.74. The molecule has 0 radical (unpaired) electrons. The van der Waals surface area contributed by atoms with Crippen molar-refractivity contribution in [1.82, 2.24) is 4.90 Å². The number of rotatable bonds is 8. The molecule has 3 rings (SSSR count). The van der Waals surface area contributed by atoms with E-state index in [1.54, 1.807) is 6.08 Å². The molecule has 0 saturated carbocycles. The predicted molar refractivity (Wildman–Crippen MR) is 142 cm³/mol. The summed E-state index contributed by atoms with van der Waals surface area (Å²) in [6, 6.07) is 4.25. The highest BCUT2D eigenvalue weighted by Crippen LogP contribution is 2.56. The lowest BCUT2D eigenvalue weighted by molar-refractivity contribution is -0.384. The maximum atomic E-state index is 13.7. The second-order valence-corrected chi connectivity index (χ2v) is 16.3. The number of hydrogen-bond acceptors (Lipinski definition) is 8. The number of nitro benzene ring substituents is 1. The van der Waals surface area contributed by atoms with E-state index in [4.69, 9.17) is 9.16 Å². The molecule has 1 N–H and O–H groups in total. The van der Waals surface area contributed by atoms with Crippen LogP contribution in [0.1, 0.15) is 51.9 Å². The minimum absolute atomic E-state index is 0.0456. The SMILES string of the molecule is C[C@H]1C(/C=C/CO)=C(C(=O)OC(=O)c2ccc([N+](=O)[O-])cc2)N2C(=O)[C@](C)([C@@H](C)O[Si](C)(C)C(C)(C)C)[C@@H]12. The molecule has 38 heavy (non-hydrogen) atoms. The van der Waals surface area contributed by atoms with Crippen molar-refractivity contribution in [3.63, 3.8) is 0 Å². The van der Waals surface area contributed by atoms with Crippen LogP contribution >= 0.6 is 0 Å². The number of hydrogen-bond donors (Lipinski definition) is 1. The van der Waals surface area contributed by atoms with Gasteiger partial charge < -0.3 is 19.2 Å². The Balaban J connectivity index is 1.91. The van der Waals surface area contributed by atoms with Gasteiger partial charge in [0.25, 0.3) is 5.69 Å². The van der Waals surface area contributed by atoms with Crippen molar-refractivity contribution >= 4 is 31.9 Å². The zero-order valence-electron chi connectivity index (χ0n) is 23.1. The fraction of sp³-hybridized carbons (Fsp3) is 0.519. The van der Waals surface area contributed by atoms with Crippen LogP contribution in [0.15, 0.2) is 47.7 Å². The summed E-state index contributed by atoms with van der Waals surface area (Å²) >= 11 is 0. The standard InChI is InChI=1S/C27H36N2O8Si/c1-16-20(10-9-15-30)21(24(32)36-23(31)18-11-13-19(14-12-18)29(34)35)28-22(16)27(6,25(28)33)17(2)37-38(7,8)26(3,4)5/h9-14,16-17,22,30H,15H2,1-8H3/b10-9+/t16-,17+,22+,27+/m0/s1. The van der Waals surface area contributed by atoms with E-state index in [0.717, 1.165) is 12.1 Å². The van der Waals surface area contributed by atoms with Gasteiger partial charge in [-0.2, -0.15) is 0 Å². The Morgan fingerprint density at radius 2 is 1.82 bits per heavy atom. The topological polar surface area (TPSA) is 136 Å². The molecule has 1 amide bonds. The number of β-lactam (4-membered cyclic amide) rings is 1. The van der Waals surface area contributed by atoms with Gasteiger partial charge in [0.2, 0.25) is 5.91 Å². The van der Waals surface area contributed by atoms with Gasteiger partial charge in [-0.3, -0.25) is 14.9 Å². The Morgan fingerprint density at radius 3 is 2.32 bits per heavy atom. The molecule has 0 aliphatic carbocycles. The van der Waals surface area contributed by atoms with Gasteiger partial charge in [-0.1, -0.05) is 39.8 Å². The first-order valence-electron chi connectivity index (χ1n) is 12.5. The summed E-state index contributed by atoms with van der Waals surface area (Å²) < 4.78 is 11.7. The number of carbonyl (C=O) groups is 3. The van der Waals surface area contributed by atoms with E-state index < -0.39 is 42.7 Å². The van der Waals surface area contributed by atoms with Crippen molar-refractivity contribution in [3.05, 3.63) is 63.4 Å². The minimum atomic E-state index is -2.21. The Hall–Kier alpha value is -3.15. The molecule has 10 nitrogen and oxygen atoms in total. The molecule has 11 heteroatoms. The molecule has 1 aromatic rings. The van der Waals surface area contributed by atoms with E-state index in [-0.39, 0.29) is 40.4 Å². The van der Waals surface area contributed by atoms with Crippen LogP contribution in [0.25, 0.3) is 0 Å². The fourth-order valence-electron chi connectivity index (χ4n) is 4.92. The lowest BCUT2D eigenvalue weighted by Gasteiger charge is -2.57. The van der Waals surface area contributed by atoms with Crippen molar-refractivity contribution in [2.45, 2.75) is 71.8 Å². The normalized spacial score (nSPS) is 24.3. The van der Waals surface area contributed by atoms with Crippen LogP contribution in [0, 0.1) is 21.4 Å². The van der Waals surface area contributed by atoms with E-state index >= 15 is 0 Å². The summed E-state index contributed by atoms with van der Waals surface area (Å²) in [6.45, 7) is 15.9. The van der Waals surface area contributed by atoms with E-state index in [0.29, 0.717) is 5.57 Å².